The highest BCUT2D eigenvalue weighted by molar-refractivity contribution is 8.03. The molecule has 1 aromatic carbocycles. The summed E-state index contributed by atoms with van der Waals surface area (Å²) in [4.78, 5) is 12.0. The van der Waals surface area contributed by atoms with Crippen LogP contribution in [0.2, 0.25) is 5.02 Å². The summed E-state index contributed by atoms with van der Waals surface area (Å²) in [6.07, 6.45) is 1.91. The van der Waals surface area contributed by atoms with Gasteiger partial charge in [0.1, 0.15) is 5.82 Å². The molecule has 21 heavy (non-hydrogen) atoms. The lowest BCUT2D eigenvalue weighted by Gasteiger charge is -2.11. The van der Waals surface area contributed by atoms with Gasteiger partial charge in [0.15, 0.2) is 8.68 Å². The van der Waals surface area contributed by atoms with E-state index in [0.717, 1.165) is 10.4 Å². The molecule has 9 heteroatoms. The Kier molecular flexibility index (Phi) is 5.86. The van der Waals surface area contributed by atoms with E-state index in [1.54, 1.807) is 6.92 Å². The number of thioether (sulfide) groups is 2. The molecule has 1 aromatic heterocycles. The van der Waals surface area contributed by atoms with E-state index in [1.807, 2.05) is 6.26 Å². The Hall–Kier alpha value is -0.830. The maximum absolute atomic E-state index is 13.6. The Balaban J connectivity index is 1.99. The van der Waals surface area contributed by atoms with E-state index >= 15 is 0 Å². The zero-order valence-electron chi connectivity index (χ0n) is 11.1. The van der Waals surface area contributed by atoms with Crippen LogP contribution in [0, 0.1) is 5.82 Å². The highest BCUT2D eigenvalue weighted by atomic mass is 35.5. The van der Waals surface area contributed by atoms with E-state index in [2.05, 4.69) is 15.5 Å². The fraction of sp³-hybridized carbons (Fsp3) is 0.250. The minimum absolute atomic E-state index is 0.110. The molecule has 0 aliphatic heterocycles. The van der Waals surface area contributed by atoms with Gasteiger partial charge in [-0.2, -0.15) is 0 Å². The smallest absolute Gasteiger partial charge is 0.237 e. The molecule has 0 aliphatic rings. The Morgan fingerprint density at radius 1 is 1.43 bits per heavy atom. The Bertz CT molecular complexity index is 652. The number of benzene rings is 1. The molecule has 0 bridgehead atoms. The minimum Gasteiger partial charge on any atom is -0.323 e. The average molecular weight is 364 g/mol. The molecular weight excluding hydrogens is 353 g/mol. The predicted molar refractivity (Wildman–Crippen MR) is 87.0 cm³/mol. The van der Waals surface area contributed by atoms with E-state index in [1.165, 1.54) is 47.0 Å². The van der Waals surface area contributed by atoms with E-state index < -0.39 is 11.1 Å². The summed E-state index contributed by atoms with van der Waals surface area (Å²) in [5.74, 6) is -0.865. The van der Waals surface area contributed by atoms with Crippen LogP contribution in [0.1, 0.15) is 6.92 Å². The summed E-state index contributed by atoms with van der Waals surface area (Å²) >= 11 is 9.88. The van der Waals surface area contributed by atoms with Crippen molar-refractivity contribution in [2.75, 3.05) is 11.6 Å². The largest absolute Gasteiger partial charge is 0.323 e. The first-order valence-electron chi connectivity index (χ1n) is 5.79. The van der Waals surface area contributed by atoms with Crippen molar-refractivity contribution in [3.8, 4) is 0 Å². The van der Waals surface area contributed by atoms with Crippen molar-refractivity contribution in [1.29, 1.82) is 0 Å². The second-order valence-electron chi connectivity index (χ2n) is 3.91. The van der Waals surface area contributed by atoms with Gasteiger partial charge in [-0.15, -0.1) is 10.2 Å². The van der Waals surface area contributed by atoms with Crippen molar-refractivity contribution in [1.82, 2.24) is 10.2 Å². The number of carbonyl (C=O) groups is 1. The maximum Gasteiger partial charge on any atom is 0.237 e. The zero-order chi connectivity index (χ0) is 15.4. The maximum atomic E-state index is 13.6. The van der Waals surface area contributed by atoms with E-state index in [0.29, 0.717) is 4.34 Å². The SMILES string of the molecule is CSc1nnc(SC(C)C(=O)Nc2ccc(Cl)cc2F)s1. The van der Waals surface area contributed by atoms with Gasteiger partial charge in [-0.1, -0.05) is 46.5 Å². The molecule has 2 aromatic rings. The molecule has 112 valence electrons. The van der Waals surface area contributed by atoms with Crippen molar-refractivity contribution >= 4 is 58.1 Å². The number of aromatic nitrogens is 2. The fourth-order valence-corrected chi connectivity index (χ4v) is 4.10. The number of nitrogens with one attached hydrogen (secondary N) is 1. The monoisotopic (exact) mass is 363 g/mol. The lowest BCUT2D eigenvalue weighted by atomic mass is 10.3. The van der Waals surface area contributed by atoms with Gasteiger partial charge in [-0.3, -0.25) is 4.79 Å². The van der Waals surface area contributed by atoms with Crippen LogP contribution in [0.4, 0.5) is 10.1 Å². The standard InChI is InChI=1S/C12H11ClFN3OS3/c1-6(20-12-17-16-11(19-2)21-12)10(18)15-9-4-3-7(13)5-8(9)14/h3-6H,1-2H3,(H,15,18). The predicted octanol–water partition coefficient (Wildman–Crippen LogP) is 4.17. The number of rotatable bonds is 5. The number of hydrogen-bond donors (Lipinski definition) is 1. The second kappa shape index (κ2) is 7.44. The molecule has 0 fully saturated rings. The van der Waals surface area contributed by atoms with Crippen LogP contribution in [0.15, 0.2) is 26.9 Å². The van der Waals surface area contributed by atoms with Crippen molar-refractivity contribution < 1.29 is 9.18 Å². The Morgan fingerprint density at radius 3 is 2.76 bits per heavy atom. The van der Waals surface area contributed by atoms with E-state index in [4.69, 9.17) is 11.6 Å². The van der Waals surface area contributed by atoms with Gasteiger partial charge in [0.25, 0.3) is 0 Å². The topological polar surface area (TPSA) is 54.9 Å². The van der Waals surface area contributed by atoms with Crippen LogP contribution < -0.4 is 5.32 Å². The van der Waals surface area contributed by atoms with Gasteiger partial charge in [0.2, 0.25) is 5.91 Å². The van der Waals surface area contributed by atoms with Crippen LogP contribution in [0.5, 0.6) is 0 Å². The molecule has 0 aliphatic carbocycles. The first-order chi connectivity index (χ1) is 9.99. The Labute approximate surface area is 138 Å². The Morgan fingerprint density at radius 2 is 2.14 bits per heavy atom. The van der Waals surface area contributed by atoms with Crippen LogP contribution in [0.3, 0.4) is 0 Å². The summed E-state index contributed by atoms with van der Waals surface area (Å²) in [5, 5.41) is 10.3. The minimum atomic E-state index is -0.561. The second-order valence-corrected chi connectivity index (χ2v) is 7.97. The third-order valence-corrected chi connectivity index (χ3v) is 5.72. The quantitative estimate of drug-likeness (QED) is 0.808. The molecule has 0 saturated carbocycles. The fourth-order valence-electron chi connectivity index (χ4n) is 1.36. The molecule has 0 spiro atoms. The summed E-state index contributed by atoms with van der Waals surface area (Å²) in [5.41, 5.74) is 0.110. The van der Waals surface area contributed by atoms with Gasteiger partial charge in [-0.25, -0.2) is 4.39 Å². The number of hydrogen-bond acceptors (Lipinski definition) is 6. The number of halogens is 2. The molecule has 4 nitrogen and oxygen atoms in total. The highest BCUT2D eigenvalue weighted by Crippen LogP contribution is 2.30. The van der Waals surface area contributed by atoms with Gasteiger partial charge in [0.05, 0.1) is 10.9 Å². The molecule has 0 saturated heterocycles. The van der Waals surface area contributed by atoms with Crippen molar-refractivity contribution in [3.05, 3.63) is 29.0 Å². The summed E-state index contributed by atoms with van der Waals surface area (Å²) < 4.78 is 15.2. The first-order valence-corrected chi connectivity index (χ1v) is 9.09. The van der Waals surface area contributed by atoms with Crippen molar-refractivity contribution in [2.45, 2.75) is 20.9 Å². The molecule has 0 radical (unpaired) electrons. The molecule has 1 amide bonds. The van der Waals surface area contributed by atoms with Crippen LogP contribution in [-0.2, 0) is 4.79 Å². The molecule has 1 N–H and O–H groups in total. The third-order valence-electron chi connectivity index (χ3n) is 2.40. The van der Waals surface area contributed by atoms with Gasteiger partial charge < -0.3 is 5.32 Å². The summed E-state index contributed by atoms with van der Waals surface area (Å²) in [7, 11) is 0. The van der Waals surface area contributed by atoms with Gasteiger partial charge >= 0.3 is 0 Å². The van der Waals surface area contributed by atoms with Crippen molar-refractivity contribution in [3.63, 3.8) is 0 Å². The number of carbonyl (C=O) groups excluding carboxylic acids is 1. The lowest BCUT2D eigenvalue weighted by molar-refractivity contribution is -0.115. The molecule has 1 atom stereocenters. The summed E-state index contributed by atoms with van der Waals surface area (Å²) in [6.45, 7) is 1.73. The van der Waals surface area contributed by atoms with E-state index in [9.17, 15) is 9.18 Å². The van der Waals surface area contributed by atoms with Gasteiger partial charge in [-0.05, 0) is 31.4 Å². The third kappa shape index (κ3) is 4.57. The van der Waals surface area contributed by atoms with Crippen molar-refractivity contribution in [2.24, 2.45) is 0 Å². The van der Waals surface area contributed by atoms with Crippen LogP contribution in [0.25, 0.3) is 0 Å². The van der Waals surface area contributed by atoms with Crippen LogP contribution in [-0.4, -0.2) is 27.6 Å². The van der Waals surface area contributed by atoms with Crippen LogP contribution >= 0.6 is 46.5 Å². The molecule has 2 rings (SSSR count). The number of amides is 1. The molecule has 1 unspecified atom stereocenters. The first kappa shape index (κ1) is 16.5. The number of nitrogens with zero attached hydrogens (tertiary/aromatic N) is 2. The van der Waals surface area contributed by atoms with E-state index in [-0.39, 0.29) is 16.6 Å². The van der Waals surface area contributed by atoms with Gasteiger partial charge in [0, 0.05) is 5.02 Å². The summed E-state index contributed by atoms with van der Waals surface area (Å²) in [6, 6.07) is 4.11. The zero-order valence-corrected chi connectivity index (χ0v) is 14.3. The normalized spacial score (nSPS) is 12.2. The average Bonchev–Trinajstić information content (AvgIpc) is 2.89. The number of anilines is 1. The lowest BCUT2D eigenvalue weighted by Crippen LogP contribution is -2.22. The highest BCUT2D eigenvalue weighted by Gasteiger charge is 2.18. The molecule has 1 heterocycles. The molecular formula is C12H11ClFN3OS3.